The maximum Gasteiger partial charge on any atom is 0.338 e. The van der Waals surface area contributed by atoms with Gasteiger partial charge >= 0.3 is 5.97 Å². The highest BCUT2D eigenvalue weighted by Crippen LogP contribution is 2.32. The lowest BCUT2D eigenvalue weighted by Gasteiger charge is -2.17. The number of esters is 1. The molecule has 0 bridgehead atoms. The van der Waals surface area contributed by atoms with Crippen molar-refractivity contribution in [3.8, 4) is 22.5 Å². The number of halogens is 1. The van der Waals surface area contributed by atoms with E-state index in [9.17, 15) is 14.0 Å². The first-order chi connectivity index (χ1) is 19.3. The normalized spacial score (nSPS) is 11.7. The predicted octanol–water partition coefficient (Wildman–Crippen LogP) is 7.29. The quantitative estimate of drug-likeness (QED) is 0.222. The number of aryl methyl sites for hydroxylation is 2. The Labute approximate surface area is 231 Å². The minimum Gasteiger partial charge on any atom is -0.449 e. The number of nitrogens with zero attached hydrogens (tertiary/aromatic N) is 2. The summed E-state index contributed by atoms with van der Waals surface area (Å²) in [7, 11) is 0. The summed E-state index contributed by atoms with van der Waals surface area (Å²) in [6.07, 6.45) is -0.877. The van der Waals surface area contributed by atoms with Crippen LogP contribution in [0.2, 0.25) is 0 Å². The number of carbonyl (C=O) groups is 2. The van der Waals surface area contributed by atoms with Crippen LogP contribution in [0.25, 0.3) is 33.5 Å². The first-order valence-corrected chi connectivity index (χ1v) is 13.0. The van der Waals surface area contributed by atoms with E-state index in [-0.39, 0.29) is 17.7 Å². The smallest absolute Gasteiger partial charge is 0.338 e. The van der Waals surface area contributed by atoms with Gasteiger partial charge in [0.05, 0.1) is 33.7 Å². The molecular weight excluding hydrogens is 505 g/mol. The molecule has 40 heavy (non-hydrogen) atoms. The van der Waals surface area contributed by atoms with Gasteiger partial charge in [0, 0.05) is 11.1 Å². The lowest BCUT2D eigenvalue weighted by Crippen LogP contribution is -2.32. The maximum absolute atomic E-state index is 14.0. The fourth-order valence-electron chi connectivity index (χ4n) is 4.30. The fraction of sp³-hybridized carbons (Fsp3) is 0.152. The molecule has 0 aliphatic rings. The molecule has 1 amide bonds. The molecule has 1 atom stereocenters. The van der Waals surface area contributed by atoms with Crippen molar-refractivity contribution in [3.63, 3.8) is 0 Å². The molecule has 200 valence electrons. The van der Waals surface area contributed by atoms with Crippen molar-refractivity contribution in [2.24, 2.45) is 0 Å². The molecule has 7 heteroatoms. The van der Waals surface area contributed by atoms with Crippen molar-refractivity contribution in [1.82, 2.24) is 9.97 Å². The van der Waals surface area contributed by atoms with Gasteiger partial charge in [-0.3, -0.25) is 4.79 Å². The molecule has 0 aliphatic carbocycles. The summed E-state index contributed by atoms with van der Waals surface area (Å²) >= 11 is 0. The van der Waals surface area contributed by atoms with Crippen LogP contribution in [0.3, 0.4) is 0 Å². The van der Waals surface area contributed by atoms with Crippen LogP contribution in [0, 0.1) is 19.7 Å². The number of ether oxygens (including phenoxy) is 1. The number of amides is 1. The Hall–Kier alpha value is -4.91. The second-order valence-corrected chi connectivity index (χ2v) is 9.63. The second kappa shape index (κ2) is 11.5. The van der Waals surface area contributed by atoms with Gasteiger partial charge in [-0.05, 0) is 50.6 Å². The summed E-state index contributed by atoms with van der Waals surface area (Å²) in [4.78, 5) is 35.6. The number of hydrogen-bond acceptors (Lipinski definition) is 5. The molecule has 4 aromatic carbocycles. The van der Waals surface area contributed by atoms with Crippen LogP contribution >= 0.6 is 0 Å². The third-order valence-corrected chi connectivity index (χ3v) is 6.59. The van der Waals surface area contributed by atoms with Crippen LogP contribution in [-0.2, 0) is 9.53 Å². The number of rotatable bonds is 7. The van der Waals surface area contributed by atoms with Crippen LogP contribution in [0.15, 0.2) is 91.0 Å². The van der Waals surface area contributed by atoms with Crippen molar-refractivity contribution in [3.05, 3.63) is 114 Å². The summed E-state index contributed by atoms with van der Waals surface area (Å²) in [5.41, 5.74) is 6.93. The van der Waals surface area contributed by atoms with Crippen molar-refractivity contribution >= 4 is 28.6 Å². The first-order valence-electron chi connectivity index (χ1n) is 13.0. The van der Waals surface area contributed by atoms with E-state index < -0.39 is 23.8 Å². The minimum atomic E-state index is -1.10. The molecule has 0 fully saturated rings. The molecule has 0 aliphatic heterocycles. The van der Waals surface area contributed by atoms with Gasteiger partial charge < -0.3 is 10.1 Å². The highest BCUT2D eigenvalue weighted by atomic mass is 19.1. The standard InChI is InChI=1S/C33H28FN3O3/c1-4-29(32(38)37-26-8-6-5-7-25(26)34)40-33(39)24-17-18-27-28(19-24)36-31(23-15-11-21(3)12-16-23)30(35-27)22-13-9-20(2)10-14-22/h5-19,29H,4H2,1-3H3,(H,37,38). The lowest BCUT2D eigenvalue weighted by molar-refractivity contribution is -0.124. The Balaban J connectivity index is 1.47. The highest BCUT2D eigenvalue weighted by Gasteiger charge is 2.23. The number of benzene rings is 4. The van der Waals surface area contributed by atoms with Gasteiger partial charge in [-0.2, -0.15) is 0 Å². The number of nitrogens with one attached hydrogen (secondary N) is 1. The maximum atomic E-state index is 14.0. The summed E-state index contributed by atoms with van der Waals surface area (Å²) < 4.78 is 19.5. The van der Waals surface area contributed by atoms with Gasteiger partial charge in [0.1, 0.15) is 5.82 Å². The monoisotopic (exact) mass is 533 g/mol. The SMILES string of the molecule is CCC(OC(=O)c1ccc2nc(-c3ccc(C)cc3)c(-c3ccc(C)cc3)nc2c1)C(=O)Nc1ccccc1F. The predicted molar refractivity (Wildman–Crippen MR) is 154 cm³/mol. The van der Waals surface area contributed by atoms with Gasteiger partial charge in [0.15, 0.2) is 6.10 Å². The number of anilines is 1. The molecular formula is C33H28FN3O3. The topological polar surface area (TPSA) is 81.2 Å². The van der Waals surface area contributed by atoms with Gasteiger partial charge in [-0.15, -0.1) is 0 Å². The van der Waals surface area contributed by atoms with Gasteiger partial charge in [0.25, 0.3) is 5.91 Å². The van der Waals surface area contributed by atoms with Gasteiger partial charge in [0.2, 0.25) is 0 Å². The molecule has 1 N–H and O–H groups in total. The van der Waals surface area contributed by atoms with E-state index in [1.54, 1.807) is 31.2 Å². The zero-order chi connectivity index (χ0) is 28.2. The molecule has 5 aromatic rings. The highest BCUT2D eigenvalue weighted by molar-refractivity contribution is 5.99. The third kappa shape index (κ3) is 5.73. The average molecular weight is 534 g/mol. The Morgan fingerprint density at radius 1 is 0.800 bits per heavy atom. The zero-order valence-electron chi connectivity index (χ0n) is 22.4. The zero-order valence-corrected chi connectivity index (χ0v) is 22.4. The first kappa shape index (κ1) is 26.7. The van der Waals surface area contributed by atoms with E-state index >= 15 is 0 Å². The Morgan fingerprint density at radius 3 is 1.95 bits per heavy atom. The number of aromatic nitrogens is 2. The molecule has 0 spiro atoms. The van der Waals surface area contributed by atoms with Crippen LogP contribution < -0.4 is 5.32 Å². The number of hydrogen-bond donors (Lipinski definition) is 1. The van der Waals surface area contributed by atoms with Crippen molar-refractivity contribution < 1.29 is 18.7 Å². The van der Waals surface area contributed by atoms with Crippen LogP contribution in [0.5, 0.6) is 0 Å². The Bertz CT molecular complexity index is 1700. The van der Waals surface area contributed by atoms with E-state index in [0.717, 1.165) is 27.9 Å². The molecule has 0 saturated carbocycles. The van der Waals surface area contributed by atoms with E-state index in [0.29, 0.717) is 16.7 Å². The molecule has 6 nitrogen and oxygen atoms in total. The molecule has 1 aromatic heterocycles. The minimum absolute atomic E-state index is 0.0241. The van der Waals surface area contributed by atoms with E-state index in [4.69, 9.17) is 14.7 Å². The second-order valence-electron chi connectivity index (χ2n) is 9.63. The molecule has 0 saturated heterocycles. The van der Waals surface area contributed by atoms with Crippen LogP contribution in [0.1, 0.15) is 34.8 Å². The van der Waals surface area contributed by atoms with Gasteiger partial charge in [-0.1, -0.05) is 78.7 Å². The van der Waals surface area contributed by atoms with E-state index in [2.05, 4.69) is 5.32 Å². The summed E-state index contributed by atoms with van der Waals surface area (Å²) in [5.74, 6) is -1.86. The van der Waals surface area contributed by atoms with Crippen molar-refractivity contribution in [2.45, 2.75) is 33.3 Å². The summed E-state index contributed by atoms with van der Waals surface area (Å²) in [6, 6.07) is 26.9. The fourth-order valence-corrected chi connectivity index (χ4v) is 4.30. The lowest BCUT2D eigenvalue weighted by atomic mass is 10.0. The van der Waals surface area contributed by atoms with Gasteiger partial charge in [-0.25, -0.2) is 19.2 Å². The third-order valence-electron chi connectivity index (χ3n) is 6.59. The number of para-hydroxylation sites is 1. The molecule has 0 radical (unpaired) electrons. The van der Waals surface area contributed by atoms with Crippen molar-refractivity contribution in [1.29, 1.82) is 0 Å². The molecule has 5 rings (SSSR count). The van der Waals surface area contributed by atoms with E-state index in [1.807, 2.05) is 62.4 Å². The van der Waals surface area contributed by atoms with E-state index in [1.165, 1.54) is 18.2 Å². The Kier molecular flexibility index (Phi) is 7.64. The summed E-state index contributed by atoms with van der Waals surface area (Å²) in [6.45, 7) is 5.77. The molecule has 1 unspecified atom stereocenters. The average Bonchev–Trinajstić information content (AvgIpc) is 2.96. The van der Waals surface area contributed by atoms with Crippen molar-refractivity contribution in [2.75, 3.05) is 5.32 Å². The van der Waals surface area contributed by atoms with Crippen LogP contribution in [-0.4, -0.2) is 27.9 Å². The molecule has 1 heterocycles. The van der Waals surface area contributed by atoms with Crippen LogP contribution in [0.4, 0.5) is 10.1 Å². The Morgan fingerprint density at radius 2 is 1.38 bits per heavy atom. The number of fused-ring (bicyclic) bond motifs is 1. The summed E-state index contributed by atoms with van der Waals surface area (Å²) in [5, 5.41) is 2.49. The largest absolute Gasteiger partial charge is 0.449 e. The number of carbonyl (C=O) groups excluding carboxylic acids is 2.